The monoisotopic (exact) mass is 268 g/mol. The summed E-state index contributed by atoms with van der Waals surface area (Å²) in [5.74, 6) is 0. The zero-order chi connectivity index (χ0) is 13.9. The van der Waals surface area contributed by atoms with Crippen molar-refractivity contribution in [2.45, 2.75) is 40.0 Å². The molecule has 18 heavy (non-hydrogen) atoms. The third kappa shape index (κ3) is 3.55. The Morgan fingerprint density at radius 3 is 2.39 bits per heavy atom. The summed E-state index contributed by atoms with van der Waals surface area (Å²) in [7, 11) is 3.77. The van der Waals surface area contributed by atoms with Gasteiger partial charge in [0.05, 0.1) is 5.69 Å². The van der Waals surface area contributed by atoms with Gasteiger partial charge in [-0.2, -0.15) is 0 Å². The van der Waals surface area contributed by atoms with Gasteiger partial charge in [0, 0.05) is 20.6 Å². The molecule has 0 radical (unpaired) electrons. The molecular weight excluding hydrogens is 244 g/mol. The number of nitrogens with zero attached hydrogens (tertiary/aromatic N) is 1. The maximum Gasteiger partial charge on any atom is 0.223 e. The molecule has 0 atom stereocenters. The molecule has 1 N–H and O–H groups in total. The molecule has 0 bridgehead atoms. The predicted octanol–water partition coefficient (Wildman–Crippen LogP) is 3.35. The van der Waals surface area contributed by atoms with Crippen molar-refractivity contribution in [2.75, 3.05) is 30.9 Å². The van der Waals surface area contributed by atoms with Gasteiger partial charge in [0.1, 0.15) is 10.2 Å². The topological polar surface area (TPSA) is 32.3 Å². The Morgan fingerprint density at radius 1 is 1.28 bits per heavy atom. The highest BCUT2D eigenvalue weighted by atomic mass is 32.1. The zero-order valence-corrected chi connectivity index (χ0v) is 12.9. The molecule has 1 aromatic carbocycles. The van der Waals surface area contributed by atoms with Gasteiger partial charge < -0.3 is 10.2 Å². The van der Waals surface area contributed by atoms with Crippen molar-refractivity contribution >= 4 is 23.6 Å². The van der Waals surface area contributed by atoms with Gasteiger partial charge in [-0.3, -0.25) is 4.79 Å². The van der Waals surface area contributed by atoms with Crippen LogP contribution < -0.4 is 15.6 Å². The molecular formula is C14H24N2OS. The Morgan fingerprint density at radius 2 is 1.89 bits per heavy atom. The third-order valence-corrected chi connectivity index (χ3v) is 3.57. The Labute approximate surface area is 115 Å². The zero-order valence-electron chi connectivity index (χ0n) is 12.1. The van der Waals surface area contributed by atoms with Crippen LogP contribution in [0.4, 0.5) is 11.4 Å². The van der Waals surface area contributed by atoms with Gasteiger partial charge in [-0.1, -0.05) is 39.4 Å². The lowest BCUT2D eigenvalue weighted by Crippen LogP contribution is -2.28. The summed E-state index contributed by atoms with van der Waals surface area (Å²) in [6, 6.07) is 0. The molecule has 0 aromatic heterocycles. The summed E-state index contributed by atoms with van der Waals surface area (Å²) in [5, 5.41) is 2.93. The van der Waals surface area contributed by atoms with Crippen LogP contribution in [0.2, 0.25) is 0 Å². The second-order valence-corrected chi connectivity index (χ2v) is 6.48. The smallest absolute Gasteiger partial charge is 0.223 e. The van der Waals surface area contributed by atoms with Gasteiger partial charge >= 0.3 is 0 Å². The average Bonchev–Trinajstić information content (AvgIpc) is 2.28. The molecule has 1 rings (SSSR count). The molecule has 4 heteroatoms. The molecule has 0 aliphatic heterocycles. The van der Waals surface area contributed by atoms with Crippen LogP contribution in [-0.2, 0) is 0 Å². The van der Waals surface area contributed by atoms with Crippen molar-refractivity contribution in [3.05, 3.63) is 14.7 Å². The summed E-state index contributed by atoms with van der Waals surface area (Å²) in [6.45, 7) is 7.73. The number of hydrogen-bond donors (Lipinski definition) is 1. The first-order valence-electron chi connectivity index (χ1n) is 6.50. The van der Waals surface area contributed by atoms with Crippen molar-refractivity contribution in [3.63, 3.8) is 0 Å². The molecule has 0 heterocycles. The molecule has 3 nitrogen and oxygen atoms in total. The summed E-state index contributed by atoms with van der Waals surface area (Å²) < 4.78 is 0.470. The van der Waals surface area contributed by atoms with Crippen molar-refractivity contribution in [1.29, 1.82) is 0 Å². The van der Waals surface area contributed by atoms with Crippen LogP contribution in [0.25, 0.3) is 0 Å². The SMILES string of the molecule is CNc1c(N(C)CCCCC(C)(C)C)c(=S)c1=O. The molecule has 0 spiro atoms. The maximum absolute atomic E-state index is 11.5. The molecule has 0 aliphatic carbocycles. The fourth-order valence-electron chi connectivity index (χ4n) is 2.09. The van der Waals surface area contributed by atoms with Crippen molar-refractivity contribution in [2.24, 2.45) is 5.41 Å². The first-order chi connectivity index (χ1) is 8.28. The van der Waals surface area contributed by atoms with Crippen LogP contribution in [0, 0.1) is 9.93 Å². The number of nitrogens with one attached hydrogen (secondary N) is 1. The number of rotatable bonds is 6. The Hall–Kier alpha value is -0.900. The predicted molar refractivity (Wildman–Crippen MR) is 82.0 cm³/mol. The summed E-state index contributed by atoms with van der Waals surface area (Å²) in [4.78, 5) is 13.6. The van der Waals surface area contributed by atoms with Crippen LogP contribution >= 0.6 is 12.2 Å². The first-order valence-corrected chi connectivity index (χ1v) is 6.91. The molecule has 0 amide bonds. The maximum atomic E-state index is 11.5. The number of anilines is 2. The molecule has 0 fully saturated rings. The summed E-state index contributed by atoms with van der Waals surface area (Å²) in [5.41, 5.74) is 1.95. The van der Waals surface area contributed by atoms with Gasteiger partial charge in [-0.25, -0.2) is 0 Å². The van der Waals surface area contributed by atoms with Crippen LogP contribution in [0.15, 0.2) is 4.79 Å². The standard InChI is InChI=1S/C14H24N2OS/c1-14(2,3)8-6-7-9-16(5)11-10(15-4)12(17)13(11)18/h15H,6-9H2,1-5H3. The second kappa shape index (κ2) is 5.83. The van der Waals surface area contributed by atoms with E-state index in [4.69, 9.17) is 12.2 Å². The molecule has 0 saturated carbocycles. The molecule has 1 aromatic rings. The minimum Gasteiger partial charge on any atom is -0.383 e. The fraction of sp³-hybridized carbons (Fsp3) is 0.714. The van der Waals surface area contributed by atoms with E-state index in [-0.39, 0.29) is 5.43 Å². The summed E-state index contributed by atoms with van der Waals surface area (Å²) in [6.07, 6.45) is 3.56. The highest BCUT2D eigenvalue weighted by Gasteiger charge is 2.19. The number of hydrogen-bond acceptors (Lipinski definition) is 4. The van der Waals surface area contributed by atoms with Crippen LogP contribution in [-0.4, -0.2) is 20.6 Å². The van der Waals surface area contributed by atoms with E-state index >= 15 is 0 Å². The largest absolute Gasteiger partial charge is 0.383 e. The van der Waals surface area contributed by atoms with Crippen LogP contribution in [0.5, 0.6) is 0 Å². The summed E-state index contributed by atoms with van der Waals surface area (Å²) >= 11 is 5.10. The van der Waals surface area contributed by atoms with E-state index < -0.39 is 0 Å². The highest BCUT2D eigenvalue weighted by molar-refractivity contribution is 7.71. The number of unbranched alkanes of at least 4 members (excludes halogenated alkanes) is 1. The van der Waals surface area contributed by atoms with Gasteiger partial charge in [-0.15, -0.1) is 0 Å². The lowest BCUT2D eigenvalue weighted by atomic mass is 9.90. The van der Waals surface area contributed by atoms with Gasteiger partial charge in [-0.05, 0) is 18.3 Å². The van der Waals surface area contributed by atoms with E-state index in [9.17, 15) is 4.79 Å². The normalized spacial score (nSPS) is 11.8. The molecule has 0 unspecified atom stereocenters. The average molecular weight is 268 g/mol. The first kappa shape index (κ1) is 15.2. The van der Waals surface area contributed by atoms with Gasteiger partial charge in [0.2, 0.25) is 5.43 Å². The van der Waals surface area contributed by atoms with E-state index in [0.717, 1.165) is 18.7 Å². The van der Waals surface area contributed by atoms with Crippen LogP contribution in [0.1, 0.15) is 40.0 Å². The van der Waals surface area contributed by atoms with Crippen molar-refractivity contribution in [3.8, 4) is 0 Å². The molecule has 0 saturated heterocycles. The molecule has 102 valence electrons. The lowest BCUT2D eigenvalue weighted by Gasteiger charge is -2.25. The van der Waals surface area contributed by atoms with E-state index in [1.807, 2.05) is 7.05 Å². The minimum absolute atomic E-state index is 0.0240. The Bertz CT molecular complexity index is 467. The van der Waals surface area contributed by atoms with E-state index in [2.05, 4.69) is 31.0 Å². The third-order valence-electron chi connectivity index (χ3n) is 3.19. The quantitative estimate of drug-likeness (QED) is 0.633. The Balaban J connectivity index is 2.47. The van der Waals surface area contributed by atoms with Crippen molar-refractivity contribution < 1.29 is 0 Å². The van der Waals surface area contributed by atoms with E-state index in [1.54, 1.807) is 7.05 Å². The lowest BCUT2D eigenvalue weighted by molar-refractivity contribution is 0.361. The van der Waals surface area contributed by atoms with Crippen LogP contribution in [0.3, 0.4) is 0 Å². The Kier molecular flexibility index (Phi) is 4.91. The second-order valence-electron chi connectivity index (χ2n) is 6.07. The minimum atomic E-state index is -0.0240. The van der Waals surface area contributed by atoms with E-state index in [1.165, 1.54) is 12.8 Å². The highest BCUT2D eigenvalue weighted by Crippen LogP contribution is 2.27. The molecule has 0 aliphatic rings. The van der Waals surface area contributed by atoms with Gasteiger partial charge in [0.15, 0.2) is 0 Å². The fourth-order valence-corrected chi connectivity index (χ4v) is 2.45. The van der Waals surface area contributed by atoms with E-state index in [0.29, 0.717) is 15.6 Å². The van der Waals surface area contributed by atoms with Gasteiger partial charge in [0.25, 0.3) is 0 Å². The van der Waals surface area contributed by atoms with Crippen molar-refractivity contribution in [1.82, 2.24) is 0 Å².